The second-order valence-electron chi connectivity index (χ2n) is 4.17. The summed E-state index contributed by atoms with van der Waals surface area (Å²) in [6.07, 6.45) is 1.41. The zero-order chi connectivity index (χ0) is 12.4. The van der Waals surface area contributed by atoms with Crippen LogP contribution in [0.5, 0.6) is 0 Å². The Hall–Kier alpha value is -2.22. The highest BCUT2D eigenvalue weighted by Crippen LogP contribution is 2.57. The summed E-state index contributed by atoms with van der Waals surface area (Å²) in [7, 11) is 0. The number of carbonyl (C=O) groups excluding carboxylic acids is 1. The Balaban J connectivity index is 2.01. The molecule has 3 nitrogen and oxygen atoms in total. The lowest BCUT2D eigenvalue weighted by atomic mass is 9.99. The molecular weight excluding hydrogens is 226 g/mol. The van der Waals surface area contributed by atoms with Crippen LogP contribution in [0.2, 0.25) is 0 Å². The third-order valence-electron chi connectivity index (χ3n) is 3.10. The van der Waals surface area contributed by atoms with E-state index in [1.165, 1.54) is 0 Å². The summed E-state index contributed by atoms with van der Waals surface area (Å²) in [6, 6.07) is 19.3. The van der Waals surface area contributed by atoms with Gasteiger partial charge < -0.3 is 4.74 Å². The quantitative estimate of drug-likeness (QED) is 0.468. The van der Waals surface area contributed by atoms with Crippen LogP contribution in [0.15, 0.2) is 65.7 Å². The average Bonchev–Trinajstić information content (AvgIpc) is 3.17. The van der Waals surface area contributed by atoms with E-state index >= 15 is 0 Å². The van der Waals surface area contributed by atoms with E-state index in [-0.39, 0.29) is 6.10 Å². The molecule has 2 aromatic carbocycles. The van der Waals surface area contributed by atoms with Crippen molar-refractivity contribution in [1.82, 2.24) is 0 Å². The van der Waals surface area contributed by atoms with E-state index in [0.717, 1.165) is 11.1 Å². The first-order chi connectivity index (χ1) is 8.87. The van der Waals surface area contributed by atoms with Gasteiger partial charge in [0.15, 0.2) is 0 Å². The van der Waals surface area contributed by atoms with Crippen molar-refractivity contribution in [1.29, 1.82) is 0 Å². The molecule has 1 aliphatic heterocycles. The lowest BCUT2D eigenvalue weighted by molar-refractivity contribution is 0.304. The average molecular weight is 237 g/mol. The fourth-order valence-electron chi connectivity index (χ4n) is 2.18. The van der Waals surface area contributed by atoms with E-state index < -0.39 is 5.72 Å². The second kappa shape index (κ2) is 4.22. The Kier molecular flexibility index (Phi) is 2.56. The molecule has 0 N–H and O–H groups in total. The van der Waals surface area contributed by atoms with E-state index in [2.05, 4.69) is 4.99 Å². The third kappa shape index (κ3) is 1.66. The SMILES string of the molecule is O=C=NC1(c2ccccc2)OC1c1ccccc1. The van der Waals surface area contributed by atoms with Crippen molar-refractivity contribution in [2.45, 2.75) is 11.8 Å². The molecular formula is C15H11NO2. The maximum atomic E-state index is 10.6. The van der Waals surface area contributed by atoms with Gasteiger partial charge in [0.25, 0.3) is 0 Å². The lowest BCUT2D eigenvalue weighted by Gasteiger charge is -2.05. The maximum absolute atomic E-state index is 10.6. The van der Waals surface area contributed by atoms with Crippen molar-refractivity contribution in [3.63, 3.8) is 0 Å². The van der Waals surface area contributed by atoms with Crippen molar-refractivity contribution in [2.75, 3.05) is 0 Å². The van der Waals surface area contributed by atoms with Crippen LogP contribution in [0.4, 0.5) is 0 Å². The Morgan fingerprint density at radius 1 is 1.00 bits per heavy atom. The molecule has 2 atom stereocenters. The normalized spacial score (nSPS) is 25.2. The summed E-state index contributed by atoms with van der Waals surface area (Å²) in [6.45, 7) is 0. The van der Waals surface area contributed by atoms with Gasteiger partial charge >= 0.3 is 0 Å². The van der Waals surface area contributed by atoms with Crippen LogP contribution in [0.1, 0.15) is 17.2 Å². The minimum absolute atomic E-state index is 0.206. The minimum Gasteiger partial charge on any atom is -0.333 e. The van der Waals surface area contributed by atoms with Gasteiger partial charge in [-0.05, 0) is 5.56 Å². The molecule has 2 unspecified atom stereocenters. The molecule has 88 valence electrons. The Bertz CT molecular complexity index is 590. The molecule has 0 aliphatic carbocycles. The monoisotopic (exact) mass is 237 g/mol. The number of hydrogen-bond acceptors (Lipinski definition) is 3. The van der Waals surface area contributed by atoms with Crippen molar-refractivity contribution in [3.8, 4) is 0 Å². The molecule has 3 heteroatoms. The number of aliphatic imine (C=N–C) groups is 1. The molecule has 1 aliphatic rings. The highest BCUT2D eigenvalue weighted by Gasteiger charge is 2.59. The van der Waals surface area contributed by atoms with Crippen LogP contribution < -0.4 is 0 Å². The van der Waals surface area contributed by atoms with Gasteiger partial charge in [-0.15, -0.1) is 0 Å². The number of nitrogens with zero attached hydrogens (tertiary/aromatic N) is 1. The van der Waals surface area contributed by atoms with Gasteiger partial charge in [0.1, 0.15) is 6.10 Å². The minimum atomic E-state index is -0.885. The largest absolute Gasteiger partial charge is 0.333 e. The summed E-state index contributed by atoms with van der Waals surface area (Å²) in [5.74, 6) is 0. The fourth-order valence-corrected chi connectivity index (χ4v) is 2.18. The molecule has 1 heterocycles. The molecule has 1 saturated heterocycles. The Labute approximate surface area is 105 Å². The predicted octanol–water partition coefficient (Wildman–Crippen LogP) is 2.95. The Morgan fingerprint density at radius 3 is 2.22 bits per heavy atom. The van der Waals surface area contributed by atoms with Crippen molar-refractivity contribution >= 4 is 6.08 Å². The molecule has 0 aromatic heterocycles. The number of isocyanates is 1. The van der Waals surface area contributed by atoms with Crippen LogP contribution in [0, 0.1) is 0 Å². The van der Waals surface area contributed by atoms with Crippen molar-refractivity contribution < 1.29 is 9.53 Å². The summed E-state index contributed by atoms with van der Waals surface area (Å²) in [5.41, 5.74) is 1.01. The summed E-state index contributed by atoms with van der Waals surface area (Å²) >= 11 is 0. The van der Waals surface area contributed by atoms with Crippen molar-refractivity contribution in [2.24, 2.45) is 4.99 Å². The van der Waals surface area contributed by atoms with Gasteiger partial charge in [0.05, 0.1) is 0 Å². The smallest absolute Gasteiger partial charge is 0.238 e. The molecule has 0 amide bonds. The molecule has 18 heavy (non-hydrogen) atoms. The van der Waals surface area contributed by atoms with Crippen molar-refractivity contribution in [3.05, 3.63) is 71.8 Å². The first-order valence-corrected chi connectivity index (χ1v) is 5.74. The number of epoxide rings is 1. The molecule has 0 spiro atoms. The number of hydrogen-bond donors (Lipinski definition) is 0. The standard InChI is InChI=1S/C15H11NO2/c17-11-16-15(13-9-5-2-6-10-13)14(18-15)12-7-3-1-4-8-12/h1-10,14H. The first-order valence-electron chi connectivity index (χ1n) is 5.74. The first kappa shape index (κ1) is 10.9. The number of rotatable bonds is 3. The molecule has 0 radical (unpaired) electrons. The zero-order valence-corrected chi connectivity index (χ0v) is 9.61. The molecule has 0 bridgehead atoms. The van der Waals surface area contributed by atoms with Crippen LogP contribution >= 0.6 is 0 Å². The molecule has 2 aromatic rings. The van der Waals surface area contributed by atoms with Crippen LogP contribution in [-0.2, 0) is 15.3 Å². The van der Waals surface area contributed by atoms with Gasteiger partial charge in [0.2, 0.25) is 11.8 Å². The maximum Gasteiger partial charge on any atom is 0.238 e. The van der Waals surface area contributed by atoms with Crippen LogP contribution in [0.25, 0.3) is 0 Å². The van der Waals surface area contributed by atoms with Gasteiger partial charge in [-0.1, -0.05) is 60.7 Å². The Morgan fingerprint density at radius 2 is 1.61 bits per heavy atom. The van der Waals surface area contributed by atoms with Crippen LogP contribution in [0.3, 0.4) is 0 Å². The summed E-state index contributed by atoms with van der Waals surface area (Å²) in [4.78, 5) is 14.5. The third-order valence-corrected chi connectivity index (χ3v) is 3.10. The zero-order valence-electron chi connectivity index (χ0n) is 9.61. The van der Waals surface area contributed by atoms with Gasteiger partial charge in [-0.3, -0.25) is 0 Å². The van der Waals surface area contributed by atoms with Gasteiger partial charge in [-0.25, -0.2) is 4.79 Å². The molecule has 1 fully saturated rings. The van der Waals surface area contributed by atoms with Gasteiger partial charge in [0, 0.05) is 5.56 Å². The van der Waals surface area contributed by atoms with E-state index in [1.807, 2.05) is 60.7 Å². The highest BCUT2D eigenvalue weighted by atomic mass is 16.6. The lowest BCUT2D eigenvalue weighted by Crippen LogP contribution is -2.06. The van der Waals surface area contributed by atoms with E-state index in [0.29, 0.717) is 0 Å². The molecule has 0 saturated carbocycles. The summed E-state index contributed by atoms with van der Waals surface area (Å²) in [5, 5.41) is 0. The highest BCUT2D eigenvalue weighted by molar-refractivity contribution is 5.42. The van der Waals surface area contributed by atoms with Gasteiger partial charge in [-0.2, -0.15) is 4.99 Å². The topological polar surface area (TPSA) is 42.0 Å². The fraction of sp³-hybridized carbons (Fsp3) is 0.133. The van der Waals surface area contributed by atoms with E-state index in [4.69, 9.17) is 4.74 Å². The number of ether oxygens (including phenoxy) is 1. The van der Waals surface area contributed by atoms with E-state index in [9.17, 15) is 4.79 Å². The van der Waals surface area contributed by atoms with Crippen LogP contribution in [-0.4, -0.2) is 6.08 Å². The predicted molar refractivity (Wildman–Crippen MR) is 66.5 cm³/mol. The number of benzene rings is 2. The molecule has 3 rings (SSSR count). The second-order valence-corrected chi connectivity index (χ2v) is 4.17. The van der Waals surface area contributed by atoms with E-state index in [1.54, 1.807) is 6.08 Å². The summed E-state index contributed by atoms with van der Waals surface area (Å²) < 4.78 is 5.69.